The van der Waals surface area contributed by atoms with Crippen LogP contribution in [-0.4, -0.2) is 16.1 Å². The lowest BCUT2D eigenvalue weighted by atomic mass is 10.1. The van der Waals surface area contributed by atoms with Gasteiger partial charge in [0, 0.05) is 29.4 Å². The van der Waals surface area contributed by atoms with E-state index in [1.54, 1.807) is 12.3 Å². The SMILES string of the molecule is O=C(Nc1cc(NCc2ccc(CCl)cc2)cnn1)C1CC1c1cccc(Cl)c1. The highest BCUT2D eigenvalue weighted by molar-refractivity contribution is 6.30. The third-order valence-electron chi connectivity index (χ3n) is 4.98. The van der Waals surface area contributed by atoms with Crippen molar-refractivity contribution in [3.8, 4) is 0 Å². The number of hydrogen-bond donors (Lipinski definition) is 2. The van der Waals surface area contributed by atoms with E-state index in [0.717, 1.165) is 28.8 Å². The number of hydrogen-bond acceptors (Lipinski definition) is 4. The molecule has 148 valence electrons. The van der Waals surface area contributed by atoms with Crippen molar-refractivity contribution in [1.29, 1.82) is 0 Å². The summed E-state index contributed by atoms with van der Waals surface area (Å²) in [7, 11) is 0. The van der Waals surface area contributed by atoms with Crippen LogP contribution in [0.5, 0.6) is 0 Å². The van der Waals surface area contributed by atoms with Crippen molar-refractivity contribution in [3.05, 3.63) is 82.5 Å². The number of alkyl halides is 1. The van der Waals surface area contributed by atoms with Crippen molar-refractivity contribution in [2.45, 2.75) is 24.8 Å². The van der Waals surface area contributed by atoms with Crippen molar-refractivity contribution in [2.75, 3.05) is 10.6 Å². The van der Waals surface area contributed by atoms with Crippen LogP contribution in [0.4, 0.5) is 11.5 Å². The first-order valence-electron chi connectivity index (χ1n) is 9.39. The van der Waals surface area contributed by atoms with Crippen LogP contribution < -0.4 is 10.6 Å². The summed E-state index contributed by atoms with van der Waals surface area (Å²) in [4.78, 5) is 12.6. The number of halogens is 2. The van der Waals surface area contributed by atoms with Gasteiger partial charge in [0.1, 0.15) is 0 Å². The first-order valence-corrected chi connectivity index (χ1v) is 10.3. The molecule has 7 heteroatoms. The van der Waals surface area contributed by atoms with Gasteiger partial charge in [0.05, 0.1) is 11.9 Å². The molecule has 1 amide bonds. The van der Waals surface area contributed by atoms with Crippen LogP contribution >= 0.6 is 23.2 Å². The lowest BCUT2D eigenvalue weighted by molar-refractivity contribution is -0.117. The summed E-state index contributed by atoms with van der Waals surface area (Å²) in [6.45, 7) is 0.640. The Morgan fingerprint density at radius 3 is 2.66 bits per heavy atom. The fraction of sp³-hybridized carbons (Fsp3) is 0.227. The second-order valence-electron chi connectivity index (χ2n) is 7.13. The van der Waals surface area contributed by atoms with Crippen LogP contribution in [-0.2, 0) is 17.2 Å². The first kappa shape index (κ1) is 19.7. The van der Waals surface area contributed by atoms with Gasteiger partial charge < -0.3 is 10.6 Å². The van der Waals surface area contributed by atoms with E-state index in [0.29, 0.717) is 23.3 Å². The van der Waals surface area contributed by atoms with E-state index in [9.17, 15) is 4.79 Å². The number of amides is 1. The standard InChI is InChI=1S/C22H20Cl2N4O/c23-11-14-4-6-15(7-5-14)12-25-18-9-21(28-26-13-18)27-22(29)20-10-19(20)16-2-1-3-17(24)8-16/h1-9,13,19-20H,10-12H2,(H2,25,27,28,29). The molecule has 0 bridgehead atoms. The largest absolute Gasteiger partial charge is 0.380 e. The number of rotatable bonds is 7. The maximum Gasteiger partial charge on any atom is 0.229 e. The molecule has 0 radical (unpaired) electrons. The third-order valence-corrected chi connectivity index (χ3v) is 5.53. The molecule has 5 nitrogen and oxygen atoms in total. The van der Waals surface area contributed by atoms with Gasteiger partial charge in [-0.1, -0.05) is 48.0 Å². The van der Waals surface area contributed by atoms with Gasteiger partial charge in [-0.2, -0.15) is 5.10 Å². The smallest absolute Gasteiger partial charge is 0.229 e. The Bertz CT molecular complexity index is 1010. The van der Waals surface area contributed by atoms with E-state index in [1.165, 1.54) is 0 Å². The van der Waals surface area contributed by atoms with Gasteiger partial charge in [-0.15, -0.1) is 16.7 Å². The van der Waals surface area contributed by atoms with Gasteiger partial charge in [0.2, 0.25) is 5.91 Å². The Hall–Kier alpha value is -2.63. The molecule has 29 heavy (non-hydrogen) atoms. The van der Waals surface area contributed by atoms with Crippen molar-refractivity contribution >= 4 is 40.6 Å². The third kappa shape index (κ3) is 5.05. The van der Waals surface area contributed by atoms with Crippen molar-refractivity contribution in [2.24, 2.45) is 5.92 Å². The molecule has 0 spiro atoms. The van der Waals surface area contributed by atoms with E-state index in [1.807, 2.05) is 48.5 Å². The number of nitrogens with zero attached hydrogens (tertiary/aromatic N) is 2. The van der Waals surface area contributed by atoms with Gasteiger partial charge in [-0.05, 0) is 41.2 Å². The minimum absolute atomic E-state index is 0.0434. The van der Waals surface area contributed by atoms with Crippen LogP contribution in [0.3, 0.4) is 0 Å². The Morgan fingerprint density at radius 2 is 1.90 bits per heavy atom. The Balaban J connectivity index is 1.33. The number of benzene rings is 2. The van der Waals surface area contributed by atoms with Crippen LogP contribution in [0.15, 0.2) is 60.8 Å². The molecule has 1 fully saturated rings. The van der Waals surface area contributed by atoms with Crippen molar-refractivity contribution in [3.63, 3.8) is 0 Å². The van der Waals surface area contributed by atoms with Gasteiger partial charge in [-0.3, -0.25) is 4.79 Å². The normalized spacial score (nSPS) is 17.6. The monoisotopic (exact) mass is 426 g/mol. The Kier molecular flexibility index (Phi) is 5.97. The zero-order valence-electron chi connectivity index (χ0n) is 15.6. The van der Waals surface area contributed by atoms with Crippen molar-refractivity contribution < 1.29 is 4.79 Å². The number of nitrogens with one attached hydrogen (secondary N) is 2. The molecule has 1 saturated carbocycles. The molecule has 1 aromatic heterocycles. The second-order valence-corrected chi connectivity index (χ2v) is 7.83. The summed E-state index contributed by atoms with van der Waals surface area (Å²) in [6.07, 6.45) is 2.45. The minimum atomic E-state index is -0.0627. The topological polar surface area (TPSA) is 66.9 Å². The lowest BCUT2D eigenvalue weighted by Gasteiger charge is -2.09. The maximum absolute atomic E-state index is 12.6. The van der Waals surface area contributed by atoms with Crippen LogP contribution in [0.2, 0.25) is 5.02 Å². The zero-order chi connectivity index (χ0) is 20.2. The van der Waals surface area contributed by atoms with Gasteiger partial charge >= 0.3 is 0 Å². The van der Waals surface area contributed by atoms with Gasteiger partial charge in [-0.25, -0.2) is 0 Å². The summed E-state index contributed by atoms with van der Waals surface area (Å²) in [5.74, 6) is 1.04. The average Bonchev–Trinajstić information content (AvgIpc) is 3.54. The Labute approximate surface area is 179 Å². The quantitative estimate of drug-likeness (QED) is 0.507. The highest BCUT2D eigenvalue weighted by atomic mass is 35.5. The summed E-state index contributed by atoms with van der Waals surface area (Å²) in [5, 5.41) is 14.9. The molecular weight excluding hydrogens is 407 g/mol. The second kappa shape index (κ2) is 8.80. The molecule has 2 aromatic carbocycles. The number of anilines is 2. The molecule has 0 saturated heterocycles. The molecule has 0 aliphatic heterocycles. The summed E-state index contributed by atoms with van der Waals surface area (Å²) < 4.78 is 0. The van der Waals surface area contributed by atoms with E-state index in [4.69, 9.17) is 23.2 Å². The number of carbonyl (C=O) groups is 1. The van der Waals surface area contributed by atoms with E-state index in [2.05, 4.69) is 20.8 Å². The molecule has 1 aliphatic rings. The maximum atomic E-state index is 12.6. The van der Waals surface area contributed by atoms with Crippen LogP contribution in [0.1, 0.15) is 29.0 Å². The van der Waals surface area contributed by atoms with Crippen LogP contribution in [0, 0.1) is 5.92 Å². The summed E-state index contributed by atoms with van der Waals surface area (Å²) in [5.41, 5.74) is 4.10. The molecule has 4 rings (SSSR count). The fourth-order valence-corrected chi connectivity index (χ4v) is 3.66. The first-order chi connectivity index (χ1) is 14.1. The predicted molar refractivity (Wildman–Crippen MR) is 116 cm³/mol. The predicted octanol–water partition coefficient (Wildman–Crippen LogP) is 5.22. The lowest BCUT2D eigenvalue weighted by Crippen LogP contribution is -2.16. The highest BCUT2D eigenvalue weighted by Gasteiger charge is 2.44. The molecule has 2 atom stereocenters. The van der Waals surface area contributed by atoms with E-state index < -0.39 is 0 Å². The zero-order valence-corrected chi connectivity index (χ0v) is 17.1. The fourth-order valence-electron chi connectivity index (χ4n) is 3.28. The molecule has 2 N–H and O–H groups in total. The average molecular weight is 427 g/mol. The molecule has 2 unspecified atom stereocenters. The molecule has 1 aliphatic carbocycles. The van der Waals surface area contributed by atoms with Crippen LogP contribution in [0.25, 0.3) is 0 Å². The number of carbonyl (C=O) groups excluding carboxylic acids is 1. The van der Waals surface area contributed by atoms with E-state index in [-0.39, 0.29) is 17.7 Å². The number of aromatic nitrogens is 2. The molecule has 1 heterocycles. The Morgan fingerprint density at radius 1 is 1.10 bits per heavy atom. The van der Waals surface area contributed by atoms with Crippen molar-refractivity contribution in [1.82, 2.24) is 10.2 Å². The highest BCUT2D eigenvalue weighted by Crippen LogP contribution is 2.48. The molecular formula is C22H20Cl2N4O. The minimum Gasteiger partial charge on any atom is -0.380 e. The van der Waals surface area contributed by atoms with Gasteiger partial charge in [0.25, 0.3) is 0 Å². The van der Waals surface area contributed by atoms with E-state index >= 15 is 0 Å². The molecule has 3 aromatic rings. The van der Waals surface area contributed by atoms with Gasteiger partial charge in [0.15, 0.2) is 5.82 Å². The summed E-state index contributed by atoms with van der Waals surface area (Å²) >= 11 is 11.9. The summed E-state index contributed by atoms with van der Waals surface area (Å²) in [6, 6.07) is 17.5.